The second-order valence-corrected chi connectivity index (χ2v) is 9.18. The summed E-state index contributed by atoms with van der Waals surface area (Å²) in [4.78, 5) is 11.5. The van der Waals surface area contributed by atoms with Crippen molar-refractivity contribution in [1.29, 1.82) is 5.26 Å². The minimum Gasteiger partial charge on any atom is -0.368 e. The van der Waals surface area contributed by atoms with Gasteiger partial charge >= 0.3 is 0 Å². The van der Waals surface area contributed by atoms with Gasteiger partial charge in [0, 0.05) is 23.9 Å². The summed E-state index contributed by atoms with van der Waals surface area (Å²) in [6.07, 6.45) is 6.34. The molecule has 5 heteroatoms. The second kappa shape index (κ2) is 7.06. The van der Waals surface area contributed by atoms with Crippen LogP contribution in [0, 0.1) is 16.7 Å². The lowest BCUT2D eigenvalue weighted by Crippen LogP contribution is -2.41. The molecule has 3 aromatic rings. The summed E-state index contributed by atoms with van der Waals surface area (Å²) in [5.74, 6) is 0.686. The van der Waals surface area contributed by atoms with Crippen LogP contribution in [0.1, 0.15) is 34.6 Å². The summed E-state index contributed by atoms with van der Waals surface area (Å²) in [6, 6.07) is 27.0. The Morgan fingerprint density at radius 2 is 1.88 bits per heavy atom. The lowest BCUT2D eigenvalue weighted by Gasteiger charge is -2.37. The van der Waals surface area contributed by atoms with Crippen molar-refractivity contribution in [3.63, 3.8) is 0 Å². The van der Waals surface area contributed by atoms with E-state index >= 15 is 0 Å². The minimum absolute atomic E-state index is 0.301. The molecule has 2 N–H and O–H groups in total. The standard InChI is InChI=1S/C28H24N4O/c1-32-26(30)31-28(33-32)25-15-22(21-9-5-6-19(14-21)18-29)10-11-24(25)17-27(28)13-12-23(16-27)20-7-3-2-4-8-20/h2-15,23H,16-17H2,1H3,(H2,30,31)/t23-,27?,28?/m0/s1. The van der Waals surface area contributed by atoms with Gasteiger partial charge in [0.25, 0.3) is 0 Å². The van der Waals surface area contributed by atoms with Gasteiger partial charge in [0.1, 0.15) is 0 Å². The Kier molecular flexibility index (Phi) is 4.23. The van der Waals surface area contributed by atoms with E-state index in [0.717, 1.165) is 29.5 Å². The Bertz CT molecular complexity index is 1360. The largest absolute Gasteiger partial charge is 0.368 e. The van der Waals surface area contributed by atoms with Crippen molar-refractivity contribution < 1.29 is 4.84 Å². The number of guanidine groups is 1. The fourth-order valence-corrected chi connectivity index (χ4v) is 5.67. The molecule has 0 amide bonds. The maximum Gasteiger partial charge on any atom is 0.224 e. The lowest BCUT2D eigenvalue weighted by atomic mass is 9.75. The van der Waals surface area contributed by atoms with E-state index < -0.39 is 5.72 Å². The van der Waals surface area contributed by atoms with Crippen LogP contribution in [0.4, 0.5) is 0 Å². The minimum atomic E-state index is -0.899. The molecular weight excluding hydrogens is 408 g/mol. The summed E-state index contributed by atoms with van der Waals surface area (Å²) in [5, 5.41) is 10.9. The van der Waals surface area contributed by atoms with Crippen LogP contribution >= 0.6 is 0 Å². The van der Waals surface area contributed by atoms with Crippen molar-refractivity contribution in [1.82, 2.24) is 5.06 Å². The second-order valence-electron chi connectivity index (χ2n) is 9.18. The first-order valence-electron chi connectivity index (χ1n) is 11.2. The number of fused-ring (bicyclic) bond motifs is 3. The summed E-state index contributed by atoms with van der Waals surface area (Å²) in [6.45, 7) is 0. The number of hydrogen-bond acceptors (Lipinski definition) is 5. The molecule has 3 aromatic carbocycles. The zero-order chi connectivity index (χ0) is 22.6. The van der Waals surface area contributed by atoms with Crippen LogP contribution in [0.2, 0.25) is 0 Å². The predicted octanol–water partition coefficient (Wildman–Crippen LogP) is 4.86. The molecule has 2 unspecified atom stereocenters. The molecule has 2 spiro atoms. The molecule has 0 fully saturated rings. The molecule has 0 saturated heterocycles. The fourth-order valence-electron chi connectivity index (χ4n) is 5.67. The quantitative estimate of drug-likeness (QED) is 0.587. The topological polar surface area (TPSA) is 74.6 Å². The third-order valence-corrected chi connectivity index (χ3v) is 7.30. The van der Waals surface area contributed by atoms with Gasteiger partial charge < -0.3 is 5.73 Å². The summed E-state index contributed by atoms with van der Waals surface area (Å²) in [7, 11) is 1.81. The Morgan fingerprint density at radius 3 is 2.64 bits per heavy atom. The normalized spacial score (nSPS) is 27.2. The zero-order valence-electron chi connectivity index (χ0n) is 18.4. The van der Waals surface area contributed by atoms with Gasteiger partial charge in [-0.05, 0) is 53.3 Å². The van der Waals surface area contributed by atoms with Crippen LogP contribution in [-0.2, 0) is 17.0 Å². The first kappa shape index (κ1) is 19.8. The molecule has 3 aliphatic rings. The summed E-state index contributed by atoms with van der Waals surface area (Å²) < 4.78 is 0. The number of nitriles is 1. The fraction of sp³-hybridized carbons (Fsp3) is 0.214. The molecular formula is C28H24N4O. The monoisotopic (exact) mass is 432 g/mol. The molecule has 33 heavy (non-hydrogen) atoms. The Morgan fingerprint density at radius 1 is 1.06 bits per heavy atom. The third-order valence-electron chi connectivity index (χ3n) is 7.30. The third kappa shape index (κ3) is 2.84. The highest BCUT2D eigenvalue weighted by molar-refractivity contribution is 5.79. The summed E-state index contributed by atoms with van der Waals surface area (Å²) in [5.41, 5.74) is 11.3. The Labute approximate surface area is 193 Å². The van der Waals surface area contributed by atoms with Crippen LogP contribution in [-0.4, -0.2) is 18.1 Å². The van der Waals surface area contributed by atoms with Crippen LogP contribution in [0.5, 0.6) is 0 Å². The van der Waals surface area contributed by atoms with E-state index in [0.29, 0.717) is 17.4 Å². The zero-order valence-corrected chi connectivity index (χ0v) is 18.4. The van der Waals surface area contributed by atoms with E-state index in [1.807, 2.05) is 37.4 Å². The van der Waals surface area contributed by atoms with Crippen molar-refractivity contribution in [2.45, 2.75) is 24.5 Å². The van der Waals surface area contributed by atoms with Crippen molar-refractivity contribution in [2.75, 3.05) is 7.05 Å². The molecule has 162 valence electrons. The van der Waals surface area contributed by atoms with Gasteiger partial charge in [0.05, 0.1) is 11.6 Å². The first-order valence-corrected chi connectivity index (χ1v) is 11.2. The SMILES string of the molecule is CN1OC2(N=C1N)c1cc(-c3cccc(C#N)c3)ccc1CC21C=C[C@H](c2ccccc2)C1. The molecule has 0 radical (unpaired) electrons. The van der Waals surface area contributed by atoms with Gasteiger partial charge in [-0.25, -0.2) is 14.9 Å². The van der Waals surface area contributed by atoms with Crippen LogP contribution in [0.25, 0.3) is 11.1 Å². The molecule has 0 bridgehead atoms. The number of nitrogens with two attached hydrogens (primary N) is 1. The van der Waals surface area contributed by atoms with E-state index in [1.165, 1.54) is 11.1 Å². The van der Waals surface area contributed by atoms with Gasteiger partial charge in [-0.15, -0.1) is 0 Å². The van der Waals surface area contributed by atoms with E-state index in [9.17, 15) is 5.26 Å². The number of hydrogen-bond donors (Lipinski definition) is 1. The predicted molar refractivity (Wildman–Crippen MR) is 128 cm³/mol. The van der Waals surface area contributed by atoms with Gasteiger partial charge in [-0.2, -0.15) is 5.26 Å². The van der Waals surface area contributed by atoms with Crippen molar-refractivity contribution in [2.24, 2.45) is 16.1 Å². The number of hydroxylamine groups is 2. The highest BCUT2D eigenvalue weighted by atomic mass is 16.7. The van der Waals surface area contributed by atoms with Crippen molar-refractivity contribution in [3.8, 4) is 17.2 Å². The Hall–Kier alpha value is -3.88. The number of rotatable bonds is 2. The molecule has 5 nitrogen and oxygen atoms in total. The highest BCUT2D eigenvalue weighted by Crippen LogP contribution is 2.62. The summed E-state index contributed by atoms with van der Waals surface area (Å²) >= 11 is 0. The van der Waals surface area contributed by atoms with Gasteiger partial charge in [0.15, 0.2) is 0 Å². The lowest BCUT2D eigenvalue weighted by molar-refractivity contribution is -0.210. The molecule has 3 atom stereocenters. The van der Waals surface area contributed by atoms with E-state index in [2.05, 4.69) is 60.7 Å². The van der Waals surface area contributed by atoms with E-state index in [4.69, 9.17) is 15.6 Å². The number of allylic oxidation sites excluding steroid dienone is 1. The maximum atomic E-state index is 9.33. The number of nitrogens with zero attached hydrogens (tertiary/aromatic N) is 3. The molecule has 2 aliphatic carbocycles. The molecule has 1 heterocycles. The van der Waals surface area contributed by atoms with Crippen LogP contribution < -0.4 is 5.73 Å². The molecule has 0 aromatic heterocycles. The molecule has 6 rings (SSSR count). The smallest absolute Gasteiger partial charge is 0.224 e. The highest BCUT2D eigenvalue weighted by Gasteiger charge is 2.63. The van der Waals surface area contributed by atoms with Crippen molar-refractivity contribution >= 4 is 5.96 Å². The van der Waals surface area contributed by atoms with E-state index in [-0.39, 0.29) is 5.41 Å². The molecule has 1 aliphatic heterocycles. The van der Waals surface area contributed by atoms with E-state index in [1.54, 1.807) is 5.06 Å². The Balaban J connectivity index is 1.47. The average Bonchev–Trinajstić information content (AvgIpc) is 3.49. The van der Waals surface area contributed by atoms with Gasteiger partial charge in [0.2, 0.25) is 11.7 Å². The van der Waals surface area contributed by atoms with Gasteiger partial charge in [-0.1, -0.05) is 66.7 Å². The van der Waals surface area contributed by atoms with Gasteiger partial charge in [-0.3, -0.25) is 0 Å². The van der Waals surface area contributed by atoms with Crippen LogP contribution in [0.15, 0.2) is 89.9 Å². The van der Waals surface area contributed by atoms with Crippen molar-refractivity contribution in [3.05, 3.63) is 107 Å². The number of benzene rings is 3. The first-order chi connectivity index (χ1) is 16.0. The average molecular weight is 433 g/mol. The van der Waals surface area contributed by atoms with Crippen LogP contribution in [0.3, 0.4) is 0 Å². The maximum absolute atomic E-state index is 9.33. The molecule has 0 saturated carbocycles. The number of aliphatic imine (C=N–C) groups is 1.